The van der Waals surface area contributed by atoms with Crippen molar-refractivity contribution >= 4 is 31.9 Å². The summed E-state index contributed by atoms with van der Waals surface area (Å²) in [5.74, 6) is 0. The van der Waals surface area contributed by atoms with Crippen molar-refractivity contribution in [1.29, 1.82) is 0 Å². The van der Waals surface area contributed by atoms with Crippen molar-refractivity contribution in [2.45, 2.75) is 13.5 Å². The van der Waals surface area contributed by atoms with Gasteiger partial charge in [0.25, 0.3) is 0 Å². The molecule has 1 radical (unpaired) electrons. The molecule has 59 valence electrons. The maximum Gasteiger partial charge on any atom is 0.109 e. The molecule has 0 bridgehead atoms. The first-order chi connectivity index (χ1) is 5.15. The Morgan fingerprint density at radius 3 is 2.09 bits per heavy atom. The number of halogens is 2. The van der Waals surface area contributed by atoms with Crippen LogP contribution in [0.1, 0.15) is 11.1 Å². The van der Waals surface area contributed by atoms with Crippen molar-refractivity contribution < 1.29 is 5.11 Å². The molecule has 1 rings (SSSR count). The Hall–Kier alpha value is 0.140. The number of rotatable bonds is 1. The normalized spacial score (nSPS) is 10.2. The summed E-state index contributed by atoms with van der Waals surface area (Å²) in [6.45, 7) is 1.80. The van der Waals surface area contributed by atoms with Crippen LogP contribution in [-0.4, -0.2) is 0 Å². The van der Waals surface area contributed by atoms with Crippen molar-refractivity contribution in [2.75, 3.05) is 0 Å². The van der Waals surface area contributed by atoms with Crippen LogP contribution in [0.4, 0.5) is 0 Å². The summed E-state index contributed by atoms with van der Waals surface area (Å²) in [6.07, 6.45) is 0. The Kier molecular flexibility index (Phi) is 3.10. The van der Waals surface area contributed by atoms with Gasteiger partial charge in [0.2, 0.25) is 0 Å². The summed E-state index contributed by atoms with van der Waals surface area (Å²) in [4.78, 5) is 0. The molecule has 1 aromatic carbocycles. The highest BCUT2D eigenvalue weighted by atomic mass is 79.9. The fourth-order valence-electron chi connectivity index (χ4n) is 0.868. The first kappa shape index (κ1) is 9.23. The Morgan fingerprint density at radius 1 is 1.27 bits per heavy atom. The number of aryl methyl sites for hydroxylation is 1. The zero-order valence-electron chi connectivity index (χ0n) is 6.03. The Labute approximate surface area is 82.7 Å². The smallest absolute Gasteiger partial charge is 0.109 e. The number of hydrogen-bond acceptors (Lipinski definition) is 0. The molecular weight excluding hydrogens is 272 g/mol. The first-order valence-electron chi connectivity index (χ1n) is 3.17. The van der Waals surface area contributed by atoms with Crippen molar-refractivity contribution in [3.05, 3.63) is 32.2 Å². The lowest BCUT2D eigenvalue weighted by molar-refractivity contribution is 0.176. The second kappa shape index (κ2) is 3.70. The van der Waals surface area contributed by atoms with Crippen LogP contribution >= 0.6 is 31.9 Å². The molecule has 0 aliphatic carbocycles. The van der Waals surface area contributed by atoms with Gasteiger partial charge in [0.15, 0.2) is 0 Å². The van der Waals surface area contributed by atoms with Gasteiger partial charge in [-0.3, -0.25) is 0 Å². The van der Waals surface area contributed by atoms with Crippen LogP contribution in [-0.2, 0) is 11.7 Å². The number of hydrogen-bond donors (Lipinski definition) is 0. The molecule has 0 N–H and O–H groups in total. The van der Waals surface area contributed by atoms with E-state index < -0.39 is 0 Å². The molecule has 0 aliphatic heterocycles. The minimum absolute atomic E-state index is 0.193. The zero-order chi connectivity index (χ0) is 8.43. The second-order valence-electron chi connectivity index (χ2n) is 2.35. The number of benzene rings is 1. The lowest BCUT2D eigenvalue weighted by Crippen LogP contribution is -1.87. The molecule has 0 aromatic heterocycles. The highest BCUT2D eigenvalue weighted by Gasteiger charge is 2.04. The molecule has 0 unspecified atom stereocenters. The average molecular weight is 279 g/mol. The molecule has 0 amide bonds. The Balaban J connectivity index is 3.25. The summed E-state index contributed by atoms with van der Waals surface area (Å²) >= 11 is 6.66. The van der Waals surface area contributed by atoms with Crippen LogP contribution < -0.4 is 0 Å². The van der Waals surface area contributed by atoms with E-state index in [9.17, 15) is 5.11 Å². The van der Waals surface area contributed by atoms with Gasteiger partial charge in [0, 0.05) is 14.5 Å². The van der Waals surface area contributed by atoms with Gasteiger partial charge in [-0.25, -0.2) is 5.11 Å². The molecule has 0 spiro atoms. The van der Waals surface area contributed by atoms with Crippen molar-refractivity contribution in [1.82, 2.24) is 0 Å². The van der Waals surface area contributed by atoms with Gasteiger partial charge in [-0.2, -0.15) is 0 Å². The van der Waals surface area contributed by atoms with E-state index in [0.29, 0.717) is 0 Å². The summed E-state index contributed by atoms with van der Waals surface area (Å²) in [5.41, 5.74) is 1.93. The van der Waals surface area contributed by atoms with Crippen LogP contribution in [0.25, 0.3) is 0 Å². The van der Waals surface area contributed by atoms with Gasteiger partial charge < -0.3 is 0 Å². The summed E-state index contributed by atoms with van der Waals surface area (Å²) in [6, 6.07) is 3.88. The molecule has 0 aliphatic rings. The van der Waals surface area contributed by atoms with E-state index in [1.165, 1.54) is 0 Å². The van der Waals surface area contributed by atoms with Crippen molar-refractivity contribution in [2.24, 2.45) is 0 Å². The van der Waals surface area contributed by atoms with Gasteiger partial charge in [0.05, 0.1) is 0 Å². The average Bonchev–Trinajstić information content (AvgIpc) is 1.85. The van der Waals surface area contributed by atoms with Crippen molar-refractivity contribution in [3.8, 4) is 0 Å². The second-order valence-corrected chi connectivity index (χ2v) is 4.06. The van der Waals surface area contributed by atoms with E-state index in [2.05, 4.69) is 31.9 Å². The maximum atomic E-state index is 10.6. The van der Waals surface area contributed by atoms with Crippen molar-refractivity contribution in [3.63, 3.8) is 0 Å². The van der Waals surface area contributed by atoms with Crippen LogP contribution in [0.2, 0.25) is 0 Å². The molecule has 0 heterocycles. The lowest BCUT2D eigenvalue weighted by Gasteiger charge is -2.03. The third-order valence-corrected chi connectivity index (χ3v) is 2.84. The molecule has 0 saturated heterocycles. The van der Waals surface area contributed by atoms with E-state index in [1.807, 2.05) is 19.1 Å². The quantitative estimate of drug-likeness (QED) is 0.750. The minimum Gasteiger partial charge on any atom is -0.231 e. The molecule has 3 heteroatoms. The topological polar surface area (TPSA) is 19.9 Å². The summed E-state index contributed by atoms with van der Waals surface area (Å²) in [7, 11) is 0. The van der Waals surface area contributed by atoms with Gasteiger partial charge in [-0.1, -0.05) is 31.9 Å². The molecule has 11 heavy (non-hydrogen) atoms. The largest absolute Gasteiger partial charge is 0.231 e. The van der Waals surface area contributed by atoms with E-state index in [1.54, 1.807) is 0 Å². The molecule has 0 saturated carbocycles. The van der Waals surface area contributed by atoms with E-state index >= 15 is 0 Å². The highest BCUT2D eigenvalue weighted by molar-refractivity contribution is 9.11. The van der Waals surface area contributed by atoms with Gasteiger partial charge in [-0.05, 0) is 24.6 Å². The Bertz CT molecular complexity index is 248. The van der Waals surface area contributed by atoms with Crippen LogP contribution in [0.3, 0.4) is 0 Å². The molecule has 1 aromatic rings. The lowest BCUT2D eigenvalue weighted by atomic mass is 10.2. The molecular formula is C8H7Br2O. The molecule has 0 fully saturated rings. The summed E-state index contributed by atoms with van der Waals surface area (Å²) < 4.78 is 1.78. The molecule has 1 nitrogen and oxygen atoms in total. The predicted octanol–water partition coefficient (Wildman–Crippen LogP) is 3.45. The Morgan fingerprint density at radius 2 is 1.73 bits per heavy atom. The first-order valence-corrected chi connectivity index (χ1v) is 4.76. The van der Waals surface area contributed by atoms with Crippen LogP contribution in [0.5, 0.6) is 0 Å². The third-order valence-electron chi connectivity index (χ3n) is 1.43. The maximum absolute atomic E-state index is 10.6. The van der Waals surface area contributed by atoms with E-state index in [0.717, 1.165) is 20.1 Å². The zero-order valence-corrected chi connectivity index (χ0v) is 9.20. The summed E-state index contributed by atoms with van der Waals surface area (Å²) in [5, 5.41) is 10.6. The van der Waals surface area contributed by atoms with E-state index in [4.69, 9.17) is 0 Å². The standard InChI is InChI=1S/C8H7Br2O/c1-5-2-7(9)6(4-11)8(10)3-5/h2-3H,4H2,1H3. The highest BCUT2D eigenvalue weighted by Crippen LogP contribution is 2.26. The predicted molar refractivity (Wildman–Crippen MR) is 51.0 cm³/mol. The van der Waals surface area contributed by atoms with Crippen LogP contribution in [0.15, 0.2) is 21.1 Å². The molecule has 0 atom stereocenters. The minimum atomic E-state index is -0.193. The van der Waals surface area contributed by atoms with Gasteiger partial charge in [0.1, 0.15) is 6.61 Å². The fourth-order valence-corrected chi connectivity index (χ4v) is 2.51. The third kappa shape index (κ3) is 2.04. The monoisotopic (exact) mass is 277 g/mol. The van der Waals surface area contributed by atoms with Gasteiger partial charge in [-0.15, -0.1) is 0 Å². The SMILES string of the molecule is Cc1cc(Br)c(C[O])c(Br)c1. The van der Waals surface area contributed by atoms with Crippen LogP contribution in [0, 0.1) is 6.92 Å². The van der Waals surface area contributed by atoms with Gasteiger partial charge >= 0.3 is 0 Å². The fraction of sp³-hybridized carbons (Fsp3) is 0.250. The van der Waals surface area contributed by atoms with E-state index in [-0.39, 0.29) is 6.61 Å².